The first kappa shape index (κ1) is 12.8. The fraction of sp³-hybridized carbons (Fsp3) is 0.467. The number of carbonyl (C=O) groups excluding carboxylic acids is 2. The zero-order chi connectivity index (χ0) is 13.3. The average molecular weight is 245 g/mol. The van der Waals surface area contributed by atoms with Crippen LogP contribution in [0.2, 0.25) is 0 Å². The Morgan fingerprint density at radius 2 is 1.94 bits per heavy atom. The van der Waals surface area contributed by atoms with Gasteiger partial charge in [-0.2, -0.15) is 0 Å². The molecule has 18 heavy (non-hydrogen) atoms. The summed E-state index contributed by atoms with van der Waals surface area (Å²) in [6.07, 6.45) is 0.783. The number of fused-ring (bicyclic) bond motifs is 1. The van der Waals surface area contributed by atoms with Gasteiger partial charge >= 0.3 is 0 Å². The maximum atomic E-state index is 12.0. The monoisotopic (exact) mass is 245 g/mol. The topological polar surface area (TPSA) is 46.2 Å². The molecule has 0 aliphatic heterocycles. The van der Waals surface area contributed by atoms with Crippen LogP contribution in [0.15, 0.2) is 24.3 Å². The number of Topliss-reactive ketones (excluding diaryl/α,β-unsaturated/α-hetero) is 1. The van der Waals surface area contributed by atoms with Gasteiger partial charge in [-0.25, -0.2) is 0 Å². The average Bonchev–Trinajstić information content (AvgIpc) is 2.26. The van der Waals surface area contributed by atoms with Crippen molar-refractivity contribution in [2.24, 2.45) is 5.41 Å². The lowest BCUT2D eigenvalue weighted by molar-refractivity contribution is -0.129. The molecular formula is C15H19NO2. The Kier molecular flexibility index (Phi) is 3.24. The second-order valence-corrected chi connectivity index (χ2v) is 5.85. The normalized spacial score (nSPS) is 17.6. The third-order valence-corrected chi connectivity index (χ3v) is 3.43. The maximum absolute atomic E-state index is 12.0. The number of nitrogens with one attached hydrogen (secondary N) is 1. The molecule has 1 unspecified atom stereocenters. The molecule has 1 aromatic rings. The lowest BCUT2D eigenvalue weighted by Gasteiger charge is -2.29. The number of amides is 1. The van der Waals surface area contributed by atoms with Crippen LogP contribution in [-0.4, -0.2) is 18.2 Å². The molecule has 1 aliphatic carbocycles. The van der Waals surface area contributed by atoms with Gasteiger partial charge in [-0.1, -0.05) is 45.0 Å². The van der Waals surface area contributed by atoms with Crippen LogP contribution >= 0.6 is 0 Å². The molecule has 0 saturated carbocycles. The first-order chi connectivity index (χ1) is 8.39. The van der Waals surface area contributed by atoms with Crippen molar-refractivity contribution in [3.8, 4) is 0 Å². The van der Waals surface area contributed by atoms with Crippen LogP contribution in [0.4, 0.5) is 0 Å². The molecule has 1 aliphatic rings. The zero-order valence-corrected chi connectivity index (χ0v) is 11.1. The van der Waals surface area contributed by atoms with Crippen molar-refractivity contribution in [2.75, 3.05) is 6.54 Å². The van der Waals surface area contributed by atoms with E-state index in [4.69, 9.17) is 0 Å². The van der Waals surface area contributed by atoms with Crippen LogP contribution in [-0.2, 0) is 16.0 Å². The molecule has 0 radical (unpaired) electrons. The van der Waals surface area contributed by atoms with Crippen molar-refractivity contribution in [3.63, 3.8) is 0 Å². The molecule has 3 nitrogen and oxygen atoms in total. The Labute approximate surface area is 108 Å². The standard InChI is InChI=1S/C15H19NO2/c1-15(2,3)13(17)9-16-14(18)12-8-10-6-4-5-7-11(10)12/h4-7,12H,8-9H2,1-3H3,(H,16,18). The summed E-state index contributed by atoms with van der Waals surface area (Å²) < 4.78 is 0. The van der Waals surface area contributed by atoms with E-state index in [1.165, 1.54) is 5.56 Å². The Balaban J connectivity index is 1.90. The van der Waals surface area contributed by atoms with Crippen LogP contribution in [0.25, 0.3) is 0 Å². The quantitative estimate of drug-likeness (QED) is 0.886. The molecule has 0 spiro atoms. The summed E-state index contributed by atoms with van der Waals surface area (Å²) in [6, 6.07) is 7.95. The molecule has 0 bridgehead atoms. The Hall–Kier alpha value is -1.64. The van der Waals surface area contributed by atoms with Crippen molar-refractivity contribution < 1.29 is 9.59 Å². The van der Waals surface area contributed by atoms with Gasteiger partial charge < -0.3 is 5.32 Å². The molecular weight excluding hydrogens is 226 g/mol. The van der Waals surface area contributed by atoms with Crippen molar-refractivity contribution >= 4 is 11.7 Å². The molecule has 0 saturated heterocycles. The molecule has 0 fully saturated rings. The molecule has 1 atom stereocenters. The zero-order valence-electron chi connectivity index (χ0n) is 11.1. The summed E-state index contributed by atoms with van der Waals surface area (Å²) >= 11 is 0. The van der Waals surface area contributed by atoms with E-state index in [0.29, 0.717) is 0 Å². The number of rotatable bonds is 3. The van der Waals surface area contributed by atoms with E-state index in [9.17, 15) is 9.59 Å². The van der Waals surface area contributed by atoms with Crippen molar-refractivity contribution in [1.82, 2.24) is 5.32 Å². The number of carbonyl (C=O) groups is 2. The van der Waals surface area contributed by atoms with E-state index in [2.05, 4.69) is 5.32 Å². The highest BCUT2D eigenvalue weighted by Crippen LogP contribution is 2.34. The minimum absolute atomic E-state index is 0.0358. The molecule has 1 aromatic carbocycles. The van der Waals surface area contributed by atoms with Crippen molar-refractivity contribution in [2.45, 2.75) is 33.1 Å². The summed E-state index contributed by atoms with van der Waals surface area (Å²) in [5, 5.41) is 2.74. The summed E-state index contributed by atoms with van der Waals surface area (Å²) in [7, 11) is 0. The number of ketones is 1. The van der Waals surface area contributed by atoms with Crippen LogP contribution in [0.5, 0.6) is 0 Å². The molecule has 96 valence electrons. The smallest absolute Gasteiger partial charge is 0.228 e. The van der Waals surface area contributed by atoms with Crippen LogP contribution < -0.4 is 5.32 Å². The minimum atomic E-state index is -0.398. The van der Waals surface area contributed by atoms with Crippen LogP contribution in [0.3, 0.4) is 0 Å². The van der Waals surface area contributed by atoms with E-state index in [1.807, 2.05) is 45.0 Å². The Morgan fingerprint density at radius 1 is 1.28 bits per heavy atom. The first-order valence-electron chi connectivity index (χ1n) is 6.28. The summed E-state index contributed by atoms with van der Waals surface area (Å²) in [5.74, 6) is -0.0521. The largest absolute Gasteiger partial charge is 0.348 e. The fourth-order valence-electron chi connectivity index (χ4n) is 2.05. The van der Waals surface area contributed by atoms with E-state index < -0.39 is 5.41 Å². The van der Waals surface area contributed by atoms with Gasteiger partial charge in [0.1, 0.15) is 0 Å². The van der Waals surface area contributed by atoms with E-state index in [0.717, 1.165) is 12.0 Å². The molecule has 2 rings (SSSR count). The third-order valence-electron chi connectivity index (χ3n) is 3.43. The molecule has 3 heteroatoms. The second kappa shape index (κ2) is 4.56. The minimum Gasteiger partial charge on any atom is -0.348 e. The predicted octanol–water partition coefficient (Wildman–Crippen LogP) is 2.06. The third kappa shape index (κ3) is 2.45. The second-order valence-electron chi connectivity index (χ2n) is 5.85. The number of hydrogen-bond acceptors (Lipinski definition) is 2. The highest BCUT2D eigenvalue weighted by molar-refractivity contribution is 5.92. The van der Waals surface area contributed by atoms with Crippen molar-refractivity contribution in [1.29, 1.82) is 0 Å². The van der Waals surface area contributed by atoms with Crippen molar-refractivity contribution in [3.05, 3.63) is 35.4 Å². The fourth-order valence-corrected chi connectivity index (χ4v) is 2.05. The summed E-state index contributed by atoms with van der Waals surface area (Å²) in [5.41, 5.74) is 1.93. The molecule has 1 amide bonds. The molecule has 0 heterocycles. The Bertz CT molecular complexity index is 486. The van der Waals surface area contributed by atoms with Crippen LogP contribution in [0.1, 0.15) is 37.8 Å². The molecule has 1 N–H and O–H groups in total. The van der Waals surface area contributed by atoms with Gasteiger partial charge in [0.25, 0.3) is 0 Å². The SMILES string of the molecule is CC(C)(C)C(=O)CNC(=O)C1Cc2ccccc21. The van der Waals surface area contributed by atoms with Crippen LogP contribution in [0, 0.1) is 5.41 Å². The number of hydrogen-bond donors (Lipinski definition) is 1. The summed E-state index contributed by atoms with van der Waals surface area (Å²) in [6.45, 7) is 5.71. The first-order valence-corrected chi connectivity index (χ1v) is 6.28. The lowest BCUT2D eigenvalue weighted by Crippen LogP contribution is -2.40. The lowest BCUT2D eigenvalue weighted by atomic mass is 9.77. The van der Waals surface area contributed by atoms with Gasteiger partial charge in [-0.15, -0.1) is 0 Å². The maximum Gasteiger partial charge on any atom is 0.228 e. The van der Waals surface area contributed by atoms with Gasteiger partial charge in [0.2, 0.25) is 5.91 Å². The highest BCUT2D eigenvalue weighted by atomic mass is 16.2. The van der Waals surface area contributed by atoms with E-state index in [1.54, 1.807) is 0 Å². The predicted molar refractivity (Wildman–Crippen MR) is 70.4 cm³/mol. The van der Waals surface area contributed by atoms with Gasteiger partial charge in [0, 0.05) is 5.41 Å². The van der Waals surface area contributed by atoms with Gasteiger partial charge in [-0.3, -0.25) is 9.59 Å². The van der Waals surface area contributed by atoms with Gasteiger partial charge in [-0.05, 0) is 17.5 Å². The van der Waals surface area contributed by atoms with E-state index >= 15 is 0 Å². The van der Waals surface area contributed by atoms with Gasteiger partial charge in [0.15, 0.2) is 5.78 Å². The summed E-state index contributed by atoms with van der Waals surface area (Å²) in [4.78, 5) is 23.7. The van der Waals surface area contributed by atoms with E-state index in [-0.39, 0.29) is 24.2 Å². The number of benzene rings is 1. The highest BCUT2D eigenvalue weighted by Gasteiger charge is 2.32. The molecule has 0 aromatic heterocycles. The Morgan fingerprint density at radius 3 is 2.56 bits per heavy atom. The van der Waals surface area contributed by atoms with Gasteiger partial charge in [0.05, 0.1) is 12.5 Å².